The molecule has 0 radical (unpaired) electrons. The van der Waals surface area contributed by atoms with Gasteiger partial charge in [0.1, 0.15) is 5.76 Å². The van der Waals surface area contributed by atoms with Crippen molar-refractivity contribution in [2.24, 2.45) is 0 Å². The van der Waals surface area contributed by atoms with Gasteiger partial charge in [0.15, 0.2) is 5.82 Å². The second kappa shape index (κ2) is 7.22. The molecule has 0 aliphatic carbocycles. The molecule has 22 heavy (non-hydrogen) atoms. The van der Waals surface area contributed by atoms with Crippen LogP contribution in [0.4, 0.5) is 11.5 Å². The van der Waals surface area contributed by atoms with Crippen molar-refractivity contribution in [3.05, 3.63) is 40.6 Å². The van der Waals surface area contributed by atoms with Crippen molar-refractivity contribution < 1.29 is 14.1 Å². The predicted molar refractivity (Wildman–Crippen MR) is 86.7 cm³/mol. The summed E-state index contributed by atoms with van der Waals surface area (Å²) in [6, 6.07) is 9.00. The monoisotopic (exact) mass is 365 g/mol. The van der Waals surface area contributed by atoms with Crippen LogP contribution in [-0.4, -0.2) is 23.5 Å². The zero-order valence-electron chi connectivity index (χ0n) is 12.3. The first-order valence-corrected chi connectivity index (χ1v) is 7.52. The minimum absolute atomic E-state index is 0.160. The van der Waals surface area contributed by atoms with Gasteiger partial charge in [0.25, 0.3) is 0 Å². The fourth-order valence-electron chi connectivity index (χ4n) is 1.90. The highest BCUT2D eigenvalue weighted by molar-refractivity contribution is 9.10. The molecule has 2 amide bonds. The number of halogens is 1. The van der Waals surface area contributed by atoms with Gasteiger partial charge in [-0.1, -0.05) is 17.3 Å². The van der Waals surface area contributed by atoms with E-state index >= 15 is 0 Å². The highest BCUT2D eigenvalue weighted by Crippen LogP contribution is 2.21. The van der Waals surface area contributed by atoms with Crippen molar-refractivity contribution in [1.82, 2.24) is 5.16 Å². The number of nitrogens with one attached hydrogen (secondary N) is 1. The van der Waals surface area contributed by atoms with E-state index in [1.165, 1.54) is 11.8 Å². The van der Waals surface area contributed by atoms with E-state index in [4.69, 9.17) is 4.52 Å². The van der Waals surface area contributed by atoms with Gasteiger partial charge in [-0.25, -0.2) is 0 Å². The molecule has 7 heteroatoms. The molecular formula is C15H16BrN3O3. The van der Waals surface area contributed by atoms with Gasteiger partial charge in [0.05, 0.1) is 5.69 Å². The molecule has 0 unspecified atom stereocenters. The Kier molecular flexibility index (Phi) is 5.32. The summed E-state index contributed by atoms with van der Waals surface area (Å²) in [5, 5.41) is 6.60. The number of hydrogen-bond donors (Lipinski definition) is 1. The van der Waals surface area contributed by atoms with Crippen molar-refractivity contribution in [3.63, 3.8) is 0 Å². The molecule has 1 aromatic carbocycles. The van der Waals surface area contributed by atoms with Crippen LogP contribution < -0.4 is 10.2 Å². The van der Waals surface area contributed by atoms with Crippen LogP contribution in [0.3, 0.4) is 0 Å². The molecule has 0 spiro atoms. The number of aryl methyl sites for hydroxylation is 1. The highest BCUT2D eigenvalue weighted by atomic mass is 79.9. The van der Waals surface area contributed by atoms with E-state index in [1.807, 2.05) is 18.2 Å². The Morgan fingerprint density at radius 1 is 1.36 bits per heavy atom. The lowest BCUT2D eigenvalue weighted by molar-refractivity contribution is -0.117. The Morgan fingerprint density at radius 2 is 2.09 bits per heavy atom. The first-order chi connectivity index (χ1) is 10.5. The molecule has 0 saturated heterocycles. The minimum Gasteiger partial charge on any atom is -0.360 e. The van der Waals surface area contributed by atoms with E-state index in [1.54, 1.807) is 19.1 Å². The lowest BCUT2D eigenvalue weighted by Crippen LogP contribution is -2.32. The molecule has 1 N–H and O–H groups in total. The minimum atomic E-state index is -0.193. The summed E-state index contributed by atoms with van der Waals surface area (Å²) < 4.78 is 5.77. The van der Waals surface area contributed by atoms with Crippen LogP contribution in [0.5, 0.6) is 0 Å². The maximum absolute atomic E-state index is 12.0. The maximum atomic E-state index is 12.0. The molecule has 0 aliphatic heterocycles. The molecule has 0 atom stereocenters. The van der Waals surface area contributed by atoms with Crippen molar-refractivity contribution in [3.8, 4) is 0 Å². The second-order valence-electron chi connectivity index (χ2n) is 4.74. The SMILES string of the molecule is CC(=O)N(CCC(=O)Nc1ccccc1Br)c1cc(C)on1. The number of nitrogens with zero attached hydrogens (tertiary/aromatic N) is 2. The molecule has 0 saturated carbocycles. The topological polar surface area (TPSA) is 75.4 Å². The Hall–Kier alpha value is -2.15. The smallest absolute Gasteiger partial charge is 0.226 e. The predicted octanol–water partition coefficient (Wildman–Crippen LogP) is 3.13. The molecule has 0 bridgehead atoms. The van der Waals surface area contributed by atoms with Crippen molar-refractivity contribution in [2.45, 2.75) is 20.3 Å². The molecule has 0 fully saturated rings. The number of hydrogen-bond acceptors (Lipinski definition) is 4. The second-order valence-corrected chi connectivity index (χ2v) is 5.60. The molecule has 6 nitrogen and oxygen atoms in total. The number of carbonyl (C=O) groups excluding carboxylic acids is 2. The van der Waals surface area contributed by atoms with E-state index in [2.05, 4.69) is 26.4 Å². The lowest BCUT2D eigenvalue weighted by atomic mass is 10.3. The van der Waals surface area contributed by atoms with Gasteiger partial charge in [-0.3, -0.25) is 14.5 Å². The van der Waals surface area contributed by atoms with Gasteiger partial charge in [-0.2, -0.15) is 0 Å². The van der Waals surface area contributed by atoms with Crippen LogP contribution >= 0.6 is 15.9 Å². The molecule has 2 aromatic rings. The average Bonchev–Trinajstić information content (AvgIpc) is 2.87. The average molecular weight is 366 g/mol. The zero-order valence-corrected chi connectivity index (χ0v) is 13.9. The zero-order chi connectivity index (χ0) is 16.1. The van der Waals surface area contributed by atoms with Gasteiger partial charge in [-0.05, 0) is 35.0 Å². The third-order valence-electron chi connectivity index (χ3n) is 2.98. The summed E-state index contributed by atoms with van der Waals surface area (Å²) in [7, 11) is 0. The van der Waals surface area contributed by atoms with Crippen molar-refractivity contribution in [2.75, 3.05) is 16.8 Å². The summed E-state index contributed by atoms with van der Waals surface area (Å²) in [6.45, 7) is 3.40. The number of para-hydroxylation sites is 1. The van der Waals surface area contributed by atoms with Crippen LogP contribution in [0.15, 0.2) is 39.3 Å². The van der Waals surface area contributed by atoms with E-state index in [0.29, 0.717) is 17.3 Å². The molecule has 1 aromatic heterocycles. The third-order valence-corrected chi connectivity index (χ3v) is 3.67. The number of amides is 2. The van der Waals surface area contributed by atoms with E-state index in [-0.39, 0.29) is 24.8 Å². The van der Waals surface area contributed by atoms with Gasteiger partial charge in [-0.15, -0.1) is 0 Å². The lowest BCUT2D eigenvalue weighted by Gasteiger charge is -2.17. The number of carbonyl (C=O) groups is 2. The number of aromatic nitrogens is 1. The van der Waals surface area contributed by atoms with Gasteiger partial charge < -0.3 is 9.84 Å². The summed E-state index contributed by atoms with van der Waals surface area (Å²) in [6.07, 6.45) is 0.160. The Bertz CT molecular complexity index is 684. The molecule has 1 heterocycles. The standard InChI is InChI=1S/C15H16BrN3O3/c1-10-9-14(18-22-10)19(11(2)20)8-7-15(21)17-13-6-4-3-5-12(13)16/h3-6,9H,7-8H2,1-2H3,(H,17,21). The number of rotatable bonds is 5. The summed E-state index contributed by atoms with van der Waals surface area (Å²) in [4.78, 5) is 25.1. The first-order valence-electron chi connectivity index (χ1n) is 6.73. The summed E-state index contributed by atoms with van der Waals surface area (Å²) in [5.41, 5.74) is 0.694. The van der Waals surface area contributed by atoms with Gasteiger partial charge in [0, 0.05) is 30.4 Å². The first kappa shape index (κ1) is 16.2. The van der Waals surface area contributed by atoms with Crippen LogP contribution in [0.2, 0.25) is 0 Å². The van der Waals surface area contributed by atoms with E-state index < -0.39 is 0 Å². The van der Waals surface area contributed by atoms with E-state index in [0.717, 1.165) is 4.47 Å². The molecule has 116 valence electrons. The maximum Gasteiger partial charge on any atom is 0.226 e. The number of benzene rings is 1. The van der Waals surface area contributed by atoms with Crippen molar-refractivity contribution >= 4 is 39.2 Å². The Balaban J connectivity index is 1.96. The largest absolute Gasteiger partial charge is 0.360 e. The summed E-state index contributed by atoms with van der Waals surface area (Å²) in [5.74, 6) is 0.651. The third kappa shape index (κ3) is 4.17. The van der Waals surface area contributed by atoms with Crippen LogP contribution in [0, 0.1) is 6.92 Å². The van der Waals surface area contributed by atoms with Crippen molar-refractivity contribution in [1.29, 1.82) is 0 Å². The van der Waals surface area contributed by atoms with Crippen LogP contribution in [0.25, 0.3) is 0 Å². The van der Waals surface area contributed by atoms with Crippen LogP contribution in [0.1, 0.15) is 19.1 Å². The molecular weight excluding hydrogens is 350 g/mol. The summed E-state index contributed by atoms with van der Waals surface area (Å²) >= 11 is 3.37. The Morgan fingerprint density at radius 3 is 2.68 bits per heavy atom. The Labute approximate surface area is 136 Å². The van der Waals surface area contributed by atoms with E-state index in [9.17, 15) is 9.59 Å². The number of anilines is 2. The molecule has 0 aliphatic rings. The normalized spacial score (nSPS) is 10.3. The van der Waals surface area contributed by atoms with Gasteiger partial charge >= 0.3 is 0 Å². The van der Waals surface area contributed by atoms with Gasteiger partial charge in [0.2, 0.25) is 11.8 Å². The fraction of sp³-hybridized carbons (Fsp3) is 0.267. The van der Waals surface area contributed by atoms with Crippen LogP contribution in [-0.2, 0) is 9.59 Å². The highest BCUT2D eigenvalue weighted by Gasteiger charge is 2.17. The fourth-order valence-corrected chi connectivity index (χ4v) is 2.29. The quantitative estimate of drug-likeness (QED) is 0.882. The molecule has 2 rings (SSSR count).